The van der Waals surface area contributed by atoms with Gasteiger partial charge in [0.15, 0.2) is 5.78 Å². The molecule has 2 amide bonds. The highest BCUT2D eigenvalue weighted by atomic mass is 16.4. The fourth-order valence-corrected chi connectivity index (χ4v) is 4.48. The molecule has 9 nitrogen and oxygen atoms in total. The Morgan fingerprint density at radius 3 is 1.66 bits per heavy atom. The maximum absolute atomic E-state index is 12.8. The van der Waals surface area contributed by atoms with Crippen LogP contribution in [0.1, 0.15) is 44.1 Å². The zero-order valence-electron chi connectivity index (χ0n) is 22.6. The summed E-state index contributed by atoms with van der Waals surface area (Å²) >= 11 is 0. The van der Waals surface area contributed by atoms with Crippen molar-refractivity contribution in [3.8, 4) is 22.3 Å². The summed E-state index contributed by atoms with van der Waals surface area (Å²) in [6.07, 6.45) is -0.875. The van der Waals surface area contributed by atoms with Crippen molar-refractivity contribution in [3.05, 3.63) is 84.4 Å². The van der Waals surface area contributed by atoms with Gasteiger partial charge in [-0.3, -0.25) is 24.0 Å². The number of aryl methyl sites for hydroxylation is 1. The average Bonchev–Trinajstić information content (AvgIpc) is 2.96. The lowest BCUT2D eigenvalue weighted by Gasteiger charge is -2.19. The van der Waals surface area contributed by atoms with Crippen LogP contribution >= 0.6 is 0 Å². The molecule has 0 aromatic heterocycles. The van der Waals surface area contributed by atoms with Crippen molar-refractivity contribution < 1.29 is 34.2 Å². The van der Waals surface area contributed by atoms with E-state index < -0.39 is 41.5 Å². The molecule has 0 radical (unpaired) electrons. The number of amides is 2. The number of carboxylic acids is 2. The average molecular weight is 559 g/mol. The van der Waals surface area contributed by atoms with Crippen LogP contribution in [0.5, 0.6) is 0 Å². The van der Waals surface area contributed by atoms with Crippen LogP contribution in [0.4, 0.5) is 0 Å². The predicted octanol–water partition coefficient (Wildman–Crippen LogP) is 4.23. The number of nitrogens with one attached hydrogen (secondary N) is 1. The maximum Gasteiger partial charge on any atom is 0.303 e. The number of carbonyl (C=O) groups excluding carboxylic acids is 3. The van der Waals surface area contributed by atoms with Crippen LogP contribution in [-0.2, 0) is 30.4 Å². The van der Waals surface area contributed by atoms with Crippen molar-refractivity contribution >= 4 is 29.5 Å². The number of carbonyl (C=O) groups is 5. The highest BCUT2D eigenvalue weighted by Gasteiger charge is 2.27. The second kappa shape index (κ2) is 15.1. The number of primary amides is 1. The van der Waals surface area contributed by atoms with E-state index >= 15 is 0 Å². The van der Waals surface area contributed by atoms with E-state index in [0.717, 1.165) is 27.8 Å². The standard InChI is InChI=1S/C32H34N2O7/c33-32(41)26(15-18-30(37)38)20-28(35)27(16-19-31(39)40)34-29(36)17-8-21-6-9-23(10-7-21)25-13-11-24(12-14-25)22-4-2-1-3-5-22/h1-7,9-14,26-27H,8,15-20H2,(H2,33,41)(H,34,36)(H,37,38)(H,39,40)/t26-,27+/m1/s1. The number of hydrogen-bond acceptors (Lipinski definition) is 5. The molecule has 9 heteroatoms. The van der Waals surface area contributed by atoms with E-state index in [2.05, 4.69) is 41.7 Å². The lowest BCUT2D eigenvalue weighted by Crippen LogP contribution is -2.43. The molecule has 3 aromatic rings. The van der Waals surface area contributed by atoms with Crippen molar-refractivity contribution in [2.75, 3.05) is 0 Å². The van der Waals surface area contributed by atoms with Crippen molar-refractivity contribution in [2.45, 2.75) is 51.0 Å². The molecular formula is C32H34N2O7. The topological polar surface area (TPSA) is 164 Å². The van der Waals surface area contributed by atoms with Crippen LogP contribution in [0.15, 0.2) is 78.9 Å². The lowest BCUT2D eigenvalue weighted by atomic mass is 9.92. The first-order valence-corrected chi connectivity index (χ1v) is 13.4. The van der Waals surface area contributed by atoms with Gasteiger partial charge in [-0.05, 0) is 47.1 Å². The maximum atomic E-state index is 12.8. The summed E-state index contributed by atoms with van der Waals surface area (Å²) in [4.78, 5) is 59.1. The summed E-state index contributed by atoms with van der Waals surface area (Å²) in [6.45, 7) is 0. The Bertz CT molecular complexity index is 1350. The Balaban J connectivity index is 1.57. The molecular weight excluding hydrogens is 524 g/mol. The molecule has 0 unspecified atom stereocenters. The third-order valence-electron chi connectivity index (χ3n) is 6.85. The Morgan fingerprint density at radius 2 is 1.15 bits per heavy atom. The van der Waals surface area contributed by atoms with E-state index in [9.17, 15) is 24.0 Å². The number of carboxylic acid groups (broad SMARTS) is 2. The highest BCUT2D eigenvalue weighted by molar-refractivity contribution is 5.92. The highest BCUT2D eigenvalue weighted by Crippen LogP contribution is 2.25. The summed E-state index contributed by atoms with van der Waals surface area (Å²) in [5, 5.41) is 20.5. The van der Waals surface area contributed by atoms with E-state index in [1.165, 1.54) is 0 Å². The zero-order chi connectivity index (χ0) is 29.8. The fourth-order valence-electron chi connectivity index (χ4n) is 4.48. The van der Waals surface area contributed by atoms with Gasteiger partial charge in [0.1, 0.15) is 0 Å². The summed E-state index contributed by atoms with van der Waals surface area (Å²) in [7, 11) is 0. The molecule has 0 bridgehead atoms. The SMILES string of the molecule is NC(=O)[C@H](CCC(=O)O)CC(=O)[C@H](CCC(=O)O)NC(=O)CCc1ccc(-c2ccc(-c3ccccc3)cc2)cc1. The summed E-state index contributed by atoms with van der Waals surface area (Å²) < 4.78 is 0. The Labute approximate surface area is 238 Å². The van der Waals surface area contributed by atoms with Crippen LogP contribution in [0.2, 0.25) is 0 Å². The molecule has 0 spiro atoms. The smallest absolute Gasteiger partial charge is 0.303 e. The molecule has 5 N–H and O–H groups in total. The number of benzene rings is 3. The number of nitrogens with two attached hydrogens (primary N) is 1. The van der Waals surface area contributed by atoms with Gasteiger partial charge in [-0.25, -0.2) is 0 Å². The minimum absolute atomic E-state index is 0.0697. The number of ketones is 1. The van der Waals surface area contributed by atoms with Gasteiger partial charge in [-0.2, -0.15) is 0 Å². The molecule has 3 rings (SSSR count). The van der Waals surface area contributed by atoms with Crippen molar-refractivity contribution in [2.24, 2.45) is 11.7 Å². The van der Waals surface area contributed by atoms with Gasteiger partial charge >= 0.3 is 11.9 Å². The molecule has 214 valence electrons. The summed E-state index contributed by atoms with van der Waals surface area (Å²) in [5.41, 5.74) is 10.6. The first-order chi connectivity index (χ1) is 19.6. The molecule has 41 heavy (non-hydrogen) atoms. The summed E-state index contributed by atoms with van der Waals surface area (Å²) in [5.74, 6) is -5.10. The molecule has 0 aliphatic rings. The Morgan fingerprint density at radius 1 is 0.659 bits per heavy atom. The van der Waals surface area contributed by atoms with Gasteiger partial charge in [0.05, 0.1) is 6.04 Å². The van der Waals surface area contributed by atoms with Gasteiger partial charge < -0.3 is 21.3 Å². The molecule has 0 heterocycles. The van der Waals surface area contributed by atoms with Gasteiger partial charge in [-0.15, -0.1) is 0 Å². The monoisotopic (exact) mass is 558 g/mol. The molecule has 0 saturated heterocycles. The fraction of sp³-hybridized carbons (Fsp3) is 0.281. The Kier molecular flexibility index (Phi) is 11.3. The summed E-state index contributed by atoms with van der Waals surface area (Å²) in [6, 6.07) is 25.1. The third-order valence-corrected chi connectivity index (χ3v) is 6.85. The predicted molar refractivity (Wildman–Crippen MR) is 154 cm³/mol. The normalized spacial score (nSPS) is 12.2. The second-order valence-corrected chi connectivity index (χ2v) is 9.89. The van der Waals surface area contributed by atoms with E-state index in [1.807, 2.05) is 42.5 Å². The van der Waals surface area contributed by atoms with Crippen molar-refractivity contribution in [1.82, 2.24) is 5.32 Å². The van der Waals surface area contributed by atoms with Crippen LogP contribution < -0.4 is 11.1 Å². The molecule has 0 saturated carbocycles. The Hall–Kier alpha value is -4.79. The first kappa shape index (κ1) is 30.7. The molecule has 3 aromatic carbocycles. The van der Waals surface area contributed by atoms with Crippen LogP contribution in [-0.4, -0.2) is 45.8 Å². The van der Waals surface area contributed by atoms with E-state index in [1.54, 1.807) is 0 Å². The van der Waals surface area contributed by atoms with Crippen LogP contribution in [0.25, 0.3) is 22.3 Å². The number of aliphatic carboxylic acids is 2. The van der Waals surface area contributed by atoms with E-state index in [0.29, 0.717) is 6.42 Å². The second-order valence-electron chi connectivity index (χ2n) is 9.89. The quantitative estimate of drug-likeness (QED) is 0.204. The first-order valence-electron chi connectivity index (χ1n) is 13.4. The van der Waals surface area contributed by atoms with E-state index in [-0.39, 0.29) is 38.5 Å². The van der Waals surface area contributed by atoms with Gasteiger partial charge in [0.25, 0.3) is 0 Å². The number of Topliss-reactive ketones (excluding diaryl/α,β-unsaturated/α-hetero) is 1. The van der Waals surface area contributed by atoms with Gasteiger partial charge in [0, 0.05) is 31.6 Å². The largest absolute Gasteiger partial charge is 0.481 e. The van der Waals surface area contributed by atoms with Crippen molar-refractivity contribution in [3.63, 3.8) is 0 Å². The van der Waals surface area contributed by atoms with Gasteiger partial charge in [-0.1, -0.05) is 78.9 Å². The zero-order valence-corrected chi connectivity index (χ0v) is 22.6. The van der Waals surface area contributed by atoms with E-state index in [4.69, 9.17) is 15.9 Å². The minimum atomic E-state index is -1.14. The van der Waals surface area contributed by atoms with Crippen molar-refractivity contribution in [1.29, 1.82) is 0 Å². The number of rotatable bonds is 16. The van der Waals surface area contributed by atoms with Crippen LogP contribution in [0.3, 0.4) is 0 Å². The van der Waals surface area contributed by atoms with Crippen LogP contribution in [0, 0.1) is 5.92 Å². The van der Waals surface area contributed by atoms with Gasteiger partial charge in [0.2, 0.25) is 11.8 Å². The lowest BCUT2D eigenvalue weighted by molar-refractivity contribution is -0.139. The minimum Gasteiger partial charge on any atom is -0.481 e. The molecule has 0 aliphatic carbocycles. The third kappa shape index (κ3) is 10.0. The molecule has 2 atom stereocenters. The number of hydrogen-bond donors (Lipinski definition) is 4. The molecule has 0 fully saturated rings. The molecule has 0 aliphatic heterocycles.